The van der Waals surface area contributed by atoms with Crippen molar-refractivity contribution in [1.82, 2.24) is 15.3 Å². The van der Waals surface area contributed by atoms with Gasteiger partial charge in [-0.2, -0.15) is 0 Å². The van der Waals surface area contributed by atoms with Gasteiger partial charge in [-0.15, -0.1) is 0 Å². The van der Waals surface area contributed by atoms with Crippen LogP contribution in [-0.4, -0.2) is 27.6 Å². The molecule has 1 heterocycles. The third-order valence-electron chi connectivity index (χ3n) is 2.67. The van der Waals surface area contributed by atoms with E-state index in [0.717, 1.165) is 11.1 Å². The molecule has 2 rings (SSSR count). The number of aliphatic hydroxyl groups excluding tert-OH is 1. The zero-order chi connectivity index (χ0) is 14.9. The number of nitrogens with zero attached hydrogens (tertiary/aromatic N) is 2. The number of benzene rings is 1. The average molecular weight is 281 g/mol. The molecular formula is C16H15N3O2. The molecule has 2 aromatic rings. The topological polar surface area (TPSA) is 75.1 Å². The summed E-state index contributed by atoms with van der Waals surface area (Å²) in [4.78, 5) is 19.6. The minimum absolute atomic E-state index is 0.0689. The Labute approximate surface area is 123 Å². The van der Waals surface area contributed by atoms with E-state index in [4.69, 9.17) is 5.11 Å². The van der Waals surface area contributed by atoms with Gasteiger partial charge < -0.3 is 10.4 Å². The number of nitrogens with one attached hydrogen (secondary N) is 1. The maximum atomic E-state index is 11.8. The van der Waals surface area contributed by atoms with Gasteiger partial charge >= 0.3 is 0 Å². The number of rotatable bonds is 4. The number of amides is 1. The first-order valence-electron chi connectivity index (χ1n) is 6.52. The Morgan fingerprint density at radius 2 is 2.05 bits per heavy atom. The number of hydrogen-bond acceptors (Lipinski definition) is 4. The Hall–Kier alpha value is -2.71. The van der Waals surface area contributed by atoms with Gasteiger partial charge in [0.2, 0.25) is 0 Å². The van der Waals surface area contributed by atoms with Crippen molar-refractivity contribution in [2.24, 2.45) is 0 Å². The maximum absolute atomic E-state index is 11.8. The summed E-state index contributed by atoms with van der Waals surface area (Å²) in [6, 6.07) is 7.57. The molecule has 0 aliphatic rings. The molecule has 0 saturated carbocycles. The molecule has 0 radical (unpaired) electrons. The van der Waals surface area contributed by atoms with Crippen LogP contribution in [0.4, 0.5) is 0 Å². The van der Waals surface area contributed by atoms with E-state index in [9.17, 15) is 4.79 Å². The summed E-state index contributed by atoms with van der Waals surface area (Å²) < 4.78 is 0. The molecular weight excluding hydrogens is 266 g/mol. The summed E-state index contributed by atoms with van der Waals surface area (Å²) in [7, 11) is 0. The number of carbonyl (C=O) groups excluding carboxylic acids is 1. The number of hydrogen-bond donors (Lipinski definition) is 2. The second-order valence-electron chi connectivity index (χ2n) is 4.25. The van der Waals surface area contributed by atoms with Gasteiger partial charge in [0.05, 0.1) is 12.8 Å². The van der Waals surface area contributed by atoms with Crippen LogP contribution in [-0.2, 0) is 6.54 Å². The molecule has 0 fully saturated rings. The van der Waals surface area contributed by atoms with Crippen molar-refractivity contribution < 1.29 is 9.90 Å². The van der Waals surface area contributed by atoms with E-state index in [-0.39, 0.29) is 12.5 Å². The molecule has 1 aromatic carbocycles. The lowest BCUT2D eigenvalue weighted by Gasteiger charge is -2.04. The second-order valence-corrected chi connectivity index (χ2v) is 4.25. The minimum Gasteiger partial charge on any atom is -0.395 e. The van der Waals surface area contributed by atoms with Gasteiger partial charge in [-0.3, -0.25) is 9.78 Å². The van der Waals surface area contributed by atoms with Crippen molar-refractivity contribution in [2.45, 2.75) is 13.0 Å². The fourth-order valence-electron chi connectivity index (χ4n) is 1.62. The van der Waals surface area contributed by atoms with E-state index in [1.807, 2.05) is 24.3 Å². The predicted octanol–water partition coefficient (Wildman–Crippen LogP) is 1.14. The molecule has 106 valence electrons. The van der Waals surface area contributed by atoms with Crippen LogP contribution in [0, 0.1) is 11.8 Å². The Morgan fingerprint density at radius 3 is 2.71 bits per heavy atom. The van der Waals surface area contributed by atoms with Gasteiger partial charge in [0.1, 0.15) is 5.69 Å². The molecule has 0 aliphatic heterocycles. The molecule has 0 bridgehead atoms. The predicted molar refractivity (Wildman–Crippen MR) is 78.2 cm³/mol. The zero-order valence-corrected chi connectivity index (χ0v) is 11.4. The van der Waals surface area contributed by atoms with Crippen molar-refractivity contribution in [2.75, 3.05) is 6.61 Å². The van der Waals surface area contributed by atoms with Gasteiger partial charge in [0, 0.05) is 30.9 Å². The Bertz CT molecular complexity index is 643. The third kappa shape index (κ3) is 4.71. The molecule has 21 heavy (non-hydrogen) atoms. The first-order chi connectivity index (χ1) is 10.3. The number of carbonyl (C=O) groups is 1. The Morgan fingerprint density at radius 1 is 1.24 bits per heavy atom. The normalized spacial score (nSPS) is 9.57. The molecule has 2 N–H and O–H groups in total. The van der Waals surface area contributed by atoms with Crippen molar-refractivity contribution in [3.63, 3.8) is 0 Å². The summed E-state index contributed by atoms with van der Waals surface area (Å²) in [5.74, 6) is 5.55. The quantitative estimate of drug-likeness (QED) is 0.824. The summed E-state index contributed by atoms with van der Waals surface area (Å²) in [6.45, 7) is 0.485. The van der Waals surface area contributed by atoms with Gasteiger partial charge in [0.25, 0.3) is 5.91 Å². The van der Waals surface area contributed by atoms with Crippen LogP contribution >= 0.6 is 0 Å². The monoisotopic (exact) mass is 281 g/mol. The van der Waals surface area contributed by atoms with E-state index in [1.165, 1.54) is 18.6 Å². The molecule has 0 aliphatic carbocycles. The van der Waals surface area contributed by atoms with E-state index in [0.29, 0.717) is 18.7 Å². The molecule has 5 nitrogen and oxygen atoms in total. The number of aliphatic hydroxyl groups is 1. The SMILES string of the molecule is O=C(NCc1ccc(C#CCCO)cc1)c1cnccn1. The first-order valence-corrected chi connectivity index (χ1v) is 6.52. The highest BCUT2D eigenvalue weighted by Gasteiger charge is 2.05. The fourth-order valence-corrected chi connectivity index (χ4v) is 1.62. The van der Waals surface area contributed by atoms with E-state index in [2.05, 4.69) is 27.1 Å². The van der Waals surface area contributed by atoms with Crippen molar-refractivity contribution >= 4 is 5.91 Å². The summed E-state index contributed by atoms with van der Waals surface area (Å²) in [6.07, 6.45) is 4.90. The van der Waals surface area contributed by atoms with E-state index >= 15 is 0 Å². The summed E-state index contributed by atoms with van der Waals surface area (Å²) in [5, 5.41) is 11.4. The second kappa shape index (κ2) is 7.78. The fraction of sp³-hybridized carbons (Fsp3) is 0.188. The lowest BCUT2D eigenvalue weighted by molar-refractivity contribution is 0.0945. The van der Waals surface area contributed by atoms with Crippen molar-refractivity contribution in [3.05, 3.63) is 59.7 Å². The van der Waals surface area contributed by atoms with Crippen molar-refractivity contribution in [3.8, 4) is 11.8 Å². The Balaban J connectivity index is 1.90. The van der Waals surface area contributed by atoms with Crippen LogP contribution < -0.4 is 5.32 Å². The largest absolute Gasteiger partial charge is 0.395 e. The standard InChI is InChI=1S/C16H15N3O2/c20-10-2-1-3-13-4-6-14(7-5-13)11-19-16(21)15-12-17-8-9-18-15/h4-9,12,20H,2,10-11H2,(H,19,21). The van der Waals surface area contributed by atoms with Crippen LogP contribution in [0.2, 0.25) is 0 Å². The van der Waals surface area contributed by atoms with Crippen LogP contribution in [0.1, 0.15) is 28.0 Å². The highest BCUT2D eigenvalue weighted by Crippen LogP contribution is 2.03. The summed E-state index contributed by atoms with van der Waals surface area (Å²) >= 11 is 0. The minimum atomic E-state index is -0.255. The lowest BCUT2D eigenvalue weighted by Crippen LogP contribution is -2.23. The van der Waals surface area contributed by atoms with E-state index < -0.39 is 0 Å². The van der Waals surface area contributed by atoms with Gasteiger partial charge in [-0.05, 0) is 17.7 Å². The number of aromatic nitrogens is 2. The highest BCUT2D eigenvalue weighted by atomic mass is 16.2. The average Bonchev–Trinajstić information content (AvgIpc) is 2.55. The molecule has 0 spiro atoms. The van der Waals surface area contributed by atoms with Crippen LogP contribution in [0.5, 0.6) is 0 Å². The molecule has 1 aromatic heterocycles. The van der Waals surface area contributed by atoms with E-state index in [1.54, 1.807) is 0 Å². The molecule has 1 amide bonds. The first kappa shape index (κ1) is 14.7. The van der Waals surface area contributed by atoms with Gasteiger partial charge in [-0.25, -0.2) is 4.98 Å². The smallest absolute Gasteiger partial charge is 0.271 e. The highest BCUT2D eigenvalue weighted by molar-refractivity contribution is 5.91. The van der Waals surface area contributed by atoms with Gasteiger partial charge in [0.15, 0.2) is 0 Å². The lowest BCUT2D eigenvalue weighted by atomic mass is 10.1. The Kier molecular flexibility index (Phi) is 5.44. The van der Waals surface area contributed by atoms with Gasteiger partial charge in [-0.1, -0.05) is 24.0 Å². The van der Waals surface area contributed by atoms with Crippen LogP contribution in [0.3, 0.4) is 0 Å². The van der Waals surface area contributed by atoms with Crippen LogP contribution in [0.25, 0.3) is 0 Å². The maximum Gasteiger partial charge on any atom is 0.271 e. The molecule has 5 heteroatoms. The third-order valence-corrected chi connectivity index (χ3v) is 2.67. The van der Waals surface area contributed by atoms with Crippen LogP contribution in [0.15, 0.2) is 42.9 Å². The summed E-state index contributed by atoms with van der Waals surface area (Å²) in [5.41, 5.74) is 2.15. The molecule has 0 unspecified atom stereocenters. The molecule has 0 atom stereocenters. The molecule has 0 saturated heterocycles. The van der Waals surface area contributed by atoms with Crippen molar-refractivity contribution in [1.29, 1.82) is 0 Å². The zero-order valence-electron chi connectivity index (χ0n) is 11.4.